The third-order valence-electron chi connectivity index (χ3n) is 3.61. The second-order valence-electron chi connectivity index (χ2n) is 5.29. The van der Waals surface area contributed by atoms with E-state index in [9.17, 15) is 14.4 Å². The van der Waals surface area contributed by atoms with Crippen molar-refractivity contribution in [3.63, 3.8) is 0 Å². The minimum atomic E-state index is -0.558. The summed E-state index contributed by atoms with van der Waals surface area (Å²) in [6.45, 7) is 4.58. The van der Waals surface area contributed by atoms with Gasteiger partial charge in [0.05, 0.1) is 5.56 Å². The summed E-state index contributed by atoms with van der Waals surface area (Å²) in [7, 11) is 0. The number of carbonyl (C=O) groups is 3. The fourth-order valence-corrected chi connectivity index (χ4v) is 2.33. The molecule has 0 spiro atoms. The Bertz CT molecular complexity index is 589. The third kappa shape index (κ3) is 4.95. The highest BCUT2D eigenvalue weighted by Gasteiger charge is 2.18. The van der Waals surface area contributed by atoms with Crippen molar-refractivity contribution >= 4 is 23.5 Å². The molecule has 1 heterocycles. The molecule has 1 aromatic carbocycles. The second-order valence-corrected chi connectivity index (χ2v) is 5.29. The zero-order chi connectivity index (χ0) is 16.7. The first-order valence-corrected chi connectivity index (χ1v) is 7.58. The molecule has 2 amide bonds. The van der Waals surface area contributed by atoms with Crippen LogP contribution in [0.2, 0.25) is 0 Å². The molecule has 0 radical (unpaired) electrons. The van der Waals surface area contributed by atoms with E-state index in [1.54, 1.807) is 17.0 Å². The highest BCUT2D eigenvalue weighted by Crippen LogP contribution is 2.12. The maximum Gasteiger partial charge on any atom is 0.338 e. The molecule has 2 rings (SSSR count). The molecule has 0 bridgehead atoms. The van der Waals surface area contributed by atoms with Crippen molar-refractivity contribution in [1.29, 1.82) is 0 Å². The predicted molar refractivity (Wildman–Crippen MR) is 86.0 cm³/mol. The first kappa shape index (κ1) is 16.7. The van der Waals surface area contributed by atoms with Gasteiger partial charge in [0, 0.05) is 18.8 Å². The zero-order valence-electron chi connectivity index (χ0n) is 12.9. The van der Waals surface area contributed by atoms with Gasteiger partial charge in [-0.05, 0) is 49.6 Å². The minimum Gasteiger partial charge on any atom is -0.452 e. The molecule has 0 saturated carbocycles. The molecule has 23 heavy (non-hydrogen) atoms. The first-order chi connectivity index (χ1) is 11.1. The zero-order valence-corrected chi connectivity index (χ0v) is 12.9. The number of anilines is 1. The molecule has 6 nitrogen and oxygen atoms in total. The molecule has 0 aliphatic carbocycles. The number of amides is 2. The number of hydrogen-bond acceptors (Lipinski definition) is 4. The van der Waals surface area contributed by atoms with Crippen molar-refractivity contribution in [2.45, 2.75) is 19.3 Å². The van der Waals surface area contributed by atoms with Gasteiger partial charge in [-0.1, -0.05) is 6.58 Å². The van der Waals surface area contributed by atoms with E-state index in [0.717, 1.165) is 38.4 Å². The lowest BCUT2D eigenvalue weighted by molar-refractivity contribution is -0.135. The Morgan fingerprint density at radius 1 is 1.13 bits per heavy atom. The van der Waals surface area contributed by atoms with Gasteiger partial charge in [-0.3, -0.25) is 9.59 Å². The number of nitrogens with zero attached hydrogens (tertiary/aromatic N) is 1. The number of carbonyl (C=O) groups excluding carboxylic acids is 3. The number of piperidine rings is 1. The number of rotatable bonds is 5. The number of nitrogens with one attached hydrogen (secondary N) is 1. The predicted octanol–water partition coefficient (Wildman–Crippen LogP) is 1.98. The lowest BCUT2D eigenvalue weighted by Gasteiger charge is -2.26. The molecule has 6 heteroatoms. The summed E-state index contributed by atoms with van der Waals surface area (Å²) in [6.07, 6.45) is 4.29. The van der Waals surface area contributed by atoms with Gasteiger partial charge >= 0.3 is 5.97 Å². The quantitative estimate of drug-likeness (QED) is 0.666. The van der Waals surface area contributed by atoms with Gasteiger partial charge in [0.2, 0.25) is 5.91 Å². The highest BCUT2D eigenvalue weighted by molar-refractivity contribution is 5.99. The maximum atomic E-state index is 11.9. The van der Waals surface area contributed by atoms with E-state index < -0.39 is 5.97 Å². The molecule has 1 aromatic rings. The van der Waals surface area contributed by atoms with Crippen LogP contribution < -0.4 is 5.32 Å². The maximum absolute atomic E-state index is 11.9. The number of hydrogen-bond donors (Lipinski definition) is 1. The van der Waals surface area contributed by atoms with Crippen molar-refractivity contribution in [1.82, 2.24) is 4.90 Å². The highest BCUT2D eigenvalue weighted by atomic mass is 16.5. The molecule has 1 N–H and O–H groups in total. The van der Waals surface area contributed by atoms with Crippen LogP contribution in [0.25, 0.3) is 0 Å². The minimum absolute atomic E-state index is 0.159. The molecule has 1 saturated heterocycles. The molecule has 0 unspecified atom stereocenters. The van der Waals surface area contributed by atoms with E-state index in [4.69, 9.17) is 4.74 Å². The third-order valence-corrected chi connectivity index (χ3v) is 3.61. The van der Waals surface area contributed by atoms with Crippen LogP contribution >= 0.6 is 0 Å². The Morgan fingerprint density at radius 3 is 2.39 bits per heavy atom. The average Bonchev–Trinajstić information content (AvgIpc) is 2.60. The number of esters is 1. The van der Waals surface area contributed by atoms with E-state index in [-0.39, 0.29) is 18.4 Å². The number of ether oxygens (including phenoxy) is 1. The Balaban J connectivity index is 1.84. The fourth-order valence-electron chi connectivity index (χ4n) is 2.33. The van der Waals surface area contributed by atoms with Gasteiger partial charge in [0.15, 0.2) is 6.61 Å². The van der Waals surface area contributed by atoms with E-state index >= 15 is 0 Å². The van der Waals surface area contributed by atoms with E-state index in [2.05, 4.69) is 11.9 Å². The molecule has 1 fully saturated rings. The molecular weight excluding hydrogens is 296 g/mol. The summed E-state index contributed by atoms with van der Waals surface area (Å²) < 4.78 is 5.05. The van der Waals surface area contributed by atoms with E-state index in [1.165, 1.54) is 12.1 Å². The largest absolute Gasteiger partial charge is 0.452 e. The monoisotopic (exact) mass is 316 g/mol. The van der Waals surface area contributed by atoms with Crippen LogP contribution in [-0.4, -0.2) is 42.4 Å². The Labute approximate surface area is 135 Å². The van der Waals surface area contributed by atoms with Crippen LogP contribution in [0.1, 0.15) is 29.6 Å². The van der Waals surface area contributed by atoms with Crippen molar-refractivity contribution in [2.24, 2.45) is 0 Å². The van der Waals surface area contributed by atoms with Gasteiger partial charge in [0.1, 0.15) is 0 Å². The van der Waals surface area contributed by atoms with Gasteiger partial charge in [-0.15, -0.1) is 0 Å². The van der Waals surface area contributed by atoms with Crippen molar-refractivity contribution in [3.8, 4) is 0 Å². The molecule has 0 aromatic heterocycles. The number of likely N-dealkylation sites (tertiary alicyclic amines) is 1. The smallest absolute Gasteiger partial charge is 0.338 e. The Kier molecular flexibility index (Phi) is 5.91. The number of benzene rings is 1. The molecule has 1 aliphatic rings. The molecular formula is C17H20N2O4. The Hall–Kier alpha value is -2.63. The van der Waals surface area contributed by atoms with Crippen LogP contribution in [0.5, 0.6) is 0 Å². The van der Waals surface area contributed by atoms with Crippen molar-refractivity contribution < 1.29 is 19.1 Å². The molecule has 122 valence electrons. The van der Waals surface area contributed by atoms with E-state index in [1.807, 2.05) is 0 Å². The SMILES string of the molecule is C=CC(=O)Nc1ccc(C(=O)OCC(=O)N2CCCCC2)cc1. The Morgan fingerprint density at radius 2 is 1.78 bits per heavy atom. The summed E-state index contributed by atoms with van der Waals surface area (Å²) >= 11 is 0. The van der Waals surface area contributed by atoms with Crippen LogP contribution in [0.15, 0.2) is 36.9 Å². The summed E-state index contributed by atoms with van der Waals surface area (Å²) in [5.41, 5.74) is 0.879. The fraction of sp³-hybridized carbons (Fsp3) is 0.353. The van der Waals surface area contributed by atoms with E-state index in [0.29, 0.717) is 11.3 Å². The van der Waals surface area contributed by atoms with Crippen molar-refractivity contribution in [3.05, 3.63) is 42.5 Å². The van der Waals surface area contributed by atoms with Crippen LogP contribution in [0.3, 0.4) is 0 Å². The van der Waals surface area contributed by atoms with Crippen molar-refractivity contribution in [2.75, 3.05) is 25.0 Å². The summed E-state index contributed by atoms with van der Waals surface area (Å²) in [4.78, 5) is 36.8. The van der Waals surface area contributed by atoms with Gasteiger partial charge in [-0.2, -0.15) is 0 Å². The van der Waals surface area contributed by atoms with Crippen LogP contribution in [0, 0.1) is 0 Å². The normalized spacial score (nSPS) is 14.0. The van der Waals surface area contributed by atoms with Crippen LogP contribution in [-0.2, 0) is 14.3 Å². The summed E-state index contributed by atoms with van der Waals surface area (Å²) in [6, 6.07) is 6.24. The van der Waals surface area contributed by atoms with Crippen LogP contribution in [0.4, 0.5) is 5.69 Å². The van der Waals surface area contributed by atoms with Gasteiger partial charge < -0.3 is 15.0 Å². The summed E-state index contributed by atoms with van der Waals surface area (Å²) in [5.74, 6) is -1.04. The van der Waals surface area contributed by atoms with Gasteiger partial charge in [-0.25, -0.2) is 4.79 Å². The average molecular weight is 316 g/mol. The lowest BCUT2D eigenvalue weighted by atomic mass is 10.1. The molecule has 0 atom stereocenters. The summed E-state index contributed by atoms with van der Waals surface area (Å²) in [5, 5.41) is 2.58. The lowest BCUT2D eigenvalue weighted by Crippen LogP contribution is -2.38. The molecule has 1 aliphatic heterocycles. The standard InChI is InChI=1S/C17H20N2O4/c1-2-15(20)18-14-8-6-13(7-9-14)17(22)23-12-16(21)19-10-4-3-5-11-19/h2,6-9H,1,3-5,10-12H2,(H,18,20). The first-order valence-electron chi connectivity index (χ1n) is 7.58. The second kappa shape index (κ2) is 8.12. The van der Waals surface area contributed by atoms with Gasteiger partial charge in [0.25, 0.3) is 5.91 Å². The topological polar surface area (TPSA) is 75.7 Å².